The summed E-state index contributed by atoms with van der Waals surface area (Å²) in [6.07, 6.45) is -0.700. The molecule has 6 heteroatoms. The van der Waals surface area contributed by atoms with E-state index in [9.17, 15) is 9.59 Å². The molecule has 6 nitrogen and oxygen atoms in total. The number of carbonyl (C=O) groups excluding carboxylic acids is 1. The van der Waals surface area contributed by atoms with E-state index < -0.39 is 18.7 Å². The Morgan fingerprint density at radius 3 is 2.48 bits per heavy atom. The van der Waals surface area contributed by atoms with Crippen LogP contribution in [0.25, 0.3) is 0 Å². The molecule has 0 spiro atoms. The van der Waals surface area contributed by atoms with Gasteiger partial charge < -0.3 is 19.9 Å². The van der Waals surface area contributed by atoms with Crippen LogP contribution in [0.15, 0.2) is 48.5 Å². The van der Waals surface area contributed by atoms with Crippen molar-refractivity contribution in [3.63, 3.8) is 0 Å². The molecule has 0 bridgehead atoms. The molecule has 0 aliphatic carbocycles. The third-order valence-electron chi connectivity index (χ3n) is 3.49. The fraction of sp³-hybridized carbons (Fsp3) is 0.263. The molecule has 2 N–H and O–H groups in total. The monoisotopic (exact) mass is 343 g/mol. The molecule has 1 atom stereocenters. The molecule has 1 unspecified atom stereocenters. The molecule has 0 aliphatic rings. The van der Waals surface area contributed by atoms with Crippen molar-refractivity contribution >= 4 is 17.6 Å². The molecule has 0 saturated heterocycles. The van der Waals surface area contributed by atoms with Gasteiger partial charge in [-0.1, -0.05) is 30.3 Å². The van der Waals surface area contributed by atoms with Crippen molar-refractivity contribution in [2.45, 2.75) is 20.0 Å². The van der Waals surface area contributed by atoms with Crippen LogP contribution in [-0.2, 0) is 14.3 Å². The average molecular weight is 343 g/mol. The van der Waals surface area contributed by atoms with Crippen LogP contribution in [0.4, 0.5) is 5.69 Å². The first-order valence-corrected chi connectivity index (χ1v) is 7.94. The number of aliphatic carboxylic acids is 1. The summed E-state index contributed by atoms with van der Waals surface area (Å²) in [5, 5.41) is 11.5. The zero-order valence-electron chi connectivity index (χ0n) is 14.2. The standard InChI is InChI=1S/C19H21NO5/c1-3-24-18(14-7-5-4-6-8-14)19(23)20-16-10-9-15(11-13(16)2)25-12-17(21)22/h4-11,18H,3,12H2,1-2H3,(H,20,23)(H,21,22). The number of rotatable bonds is 8. The first kappa shape index (κ1) is 18.5. The van der Waals surface area contributed by atoms with Gasteiger partial charge in [-0.25, -0.2) is 4.79 Å². The zero-order chi connectivity index (χ0) is 18.2. The number of anilines is 1. The molecule has 0 aromatic heterocycles. The van der Waals surface area contributed by atoms with E-state index in [1.54, 1.807) is 25.1 Å². The Labute approximate surface area is 146 Å². The number of amides is 1. The van der Waals surface area contributed by atoms with E-state index in [0.29, 0.717) is 18.0 Å². The summed E-state index contributed by atoms with van der Waals surface area (Å²) in [5.74, 6) is -0.880. The Hall–Kier alpha value is -2.86. The van der Waals surface area contributed by atoms with Gasteiger partial charge in [-0.15, -0.1) is 0 Å². The first-order chi connectivity index (χ1) is 12.0. The van der Waals surface area contributed by atoms with E-state index in [1.807, 2.05) is 37.3 Å². The van der Waals surface area contributed by atoms with Gasteiger partial charge in [0.05, 0.1) is 0 Å². The first-order valence-electron chi connectivity index (χ1n) is 7.94. The zero-order valence-corrected chi connectivity index (χ0v) is 14.2. The quantitative estimate of drug-likeness (QED) is 0.769. The van der Waals surface area contributed by atoms with Crippen molar-refractivity contribution in [1.82, 2.24) is 0 Å². The van der Waals surface area contributed by atoms with Gasteiger partial charge >= 0.3 is 5.97 Å². The minimum absolute atomic E-state index is 0.268. The number of ether oxygens (including phenoxy) is 2. The number of hydrogen-bond acceptors (Lipinski definition) is 4. The van der Waals surface area contributed by atoms with Gasteiger partial charge in [0, 0.05) is 12.3 Å². The van der Waals surface area contributed by atoms with Gasteiger partial charge in [-0.3, -0.25) is 4.79 Å². The summed E-state index contributed by atoms with van der Waals surface area (Å²) in [6, 6.07) is 14.2. The van der Waals surface area contributed by atoms with E-state index in [0.717, 1.165) is 11.1 Å². The van der Waals surface area contributed by atoms with Crippen LogP contribution in [-0.4, -0.2) is 30.2 Å². The van der Waals surface area contributed by atoms with Crippen molar-refractivity contribution in [2.24, 2.45) is 0 Å². The molecular formula is C19H21NO5. The molecule has 0 fully saturated rings. The van der Waals surface area contributed by atoms with Crippen LogP contribution in [0.1, 0.15) is 24.2 Å². The molecular weight excluding hydrogens is 322 g/mol. The highest BCUT2D eigenvalue weighted by Gasteiger charge is 2.21. The van der Waals surface area contributed by atoms with Crippen molar-refractivity contribution in [3.8, 4) is 5.75 Å². The Bertz CT molecular complexity index is 730. The second-order valence-electron chi connectivity index (χ2n) is 5.39. The predicted molar refractivity (Wildman–Crippen MR) is 93.7 cm³/mol. The molecule has 25 heavy (non-hydrogen) atoms. The van der Waals surface area contributed by atoms with E-state index in [2.05, 4.69) is 5.32 Å². The molecule has 2 rings (SSSR count). The highest BCUT2D eigenvalue weighted by molar-refractivity contribution is 5.95. The lowest BCUT2D eigenvalue weighted by molar-refractivity contribution is -0.139. The van der Waals surface area contributed by atoms with Gasteiger partial charge in [0.15, 0.2) is 12.7 Å². The maximum absolute atomic E-state index is 12.6. The normalized spacial score (nSPS) is 11.6. The summed E-state index contributed by atoms with van der Waals surface area (Å²) in [5.41, 5.74) is 2.16. The number of carboxylic acids is 1. The van der Waals surface area contributed by atoms with Crippen LogP contribution in [0, 0.1) is 6.92 Å². The Morgan fingerprint density at radius 2 is 1.88 bits per heavy atom. The van der Waals surface area contributed by atoms with Gasteiger partial charge in [0.25, 0.3) is 5.91 Å². The number of nitrogens with one attached hydrogen (secondary N) is 1. The number of aryl methyl sites for hydroxylation is 1. The Balaban J connectivity index is 2.11. The Kier molecular flexibility index (Phi) is 6.54. The topological polar surface area (TPSA) is 84.9 Å². The van der Waals surface area contributed by atoms with Crippen LogP contribution in [0.2, 0.25) is 0 Å². The third-order valence-corrected chi connectivity index (χ3v) is 3.49. The summed E-state index contributed by atoms with van der Waals surface area (Å²) in [4.78, 5) is 23.2. The molecule has 0 saturated carbocycles. The highest BCUT2D eigenvalue weighted by atomic mass is 16.5. The average Bonchev–Trinajstić information content (AvgIpc) is 2.60. The molecule has 1 amide bonds. The summed E-state index contributed by atoms with van der Waals surface area (Å²) in [6.45, 7) is 3.64. The van der Waals surface area contributed by atoms with Gasteiger partial charge in [-0.05, 0) is 43.2 Å². The molecule has 2 aromatic carbocycles. The van der Waals surface area contributed by atoms with Crippen LogP contribution in [0.3, 0.4) is 0 Å². The maximum atomic E-state index is 12.6. The minimum Gasteiger partial charge on any atom is -0.482 e. The number of benzene rings is 2. The van der Waals surface area contributed by atoms with Crippen molar-refractivity contribution in [2.75, 3.05) is 18.5 Å². The predicted octanol–water partition coefficient (Wildman–Crippen LogP) is 3.17. The largest absolute Gasteiger partial charge is 0.482 e. The van der Waals surface area contributed by atoms with Crippen molar-refractivity contribution < 1.29 is 24.2 Å². The maximum Gasteiger partial charge on any atom is 0.341 e. The third kappa shape index (κ3) is 5.32. The lowest BCUT2D eigenvalue weighted by Crippen LogP contribution is -2.24. The highest BCUT2D eigenvalue weighted by Crippen LogP contribution is 2.24. The van der Waals surface area contributed by atoms with Crippen LogP contribution < -0.4 is 10.1 Å². The minimum atomic E-state index is -1.04. The molecule has 2 aromatic rings. The molecule has 0 heterocycles. The Morgan fingerprint density at radius 1 is 1.16 bits per heavy atom. The number of carbonyl (C=O) groups is 2. The van der Waals surface area contributed by atoms with E-state index in [-0.39, 0.29) is 5.91 Å². The van der Waals surface area contributed by atoms with E-state index in [1.165, 1.54) is 0 Å². The van der Waals surface area contributed by atoms with Crippen LogP contribution in [0.5, 0.6) is 5.75 Å². The second kappa shape index (κ2) is 8.84. The van der Waals surface area contributed by atoms with Gasteiger partial charge in [-0.2, -0.15) is 0 Å². The summed E-state index contributed by atoms with van der Waals surface area (Å²) < 4.78 is 10.7. The smallest absolute Gasteiger partial charge is 0.341 e. The fourth-order valence-corrected chi connectivity index (χ4v) is 2.33. The summed E-state index contributed by atoms with van der Waals surface area (Å²) in [7, 11) is 0. The van der Waals surface area contributed by atoms with Gasteiger partial charge in [0.1, 0.15) is 5.75 Å². The number of hydrogen-bond donors (Lipinski definition) is 2. The fourth-order valence-electron chi connectivity index (χ4n) is 2.33. The summed E-state index contributed by atoms with van der Waals surface area (Å²) >= 11 is 0. The van der Waals surface area contributed by atoms with Gasteiger partial charge in [0.2, 0.25) is 0 Å². The van der Waals surface area contributed by atoms with Crippen molar-refractivity contribution in [1.29, 1.82) is 0 Å². The SMILES string of the molecule is CCOC(C(=O)Nc1ccc(OCC(=O)O)cc1C)c1ccccc1. The number of carboxylic acid groups (broad SMARTS) is 1. The van der Waals surface area contributed by atoms with Crippen molar-refractivity contribution in [3.05, 3.63) is 59.7 Å². The molecule has 0 radical (unpaired) electrons. The lowest BCUT2D eigenvalue weighted by Gasteiger charge is -2.18. The van der Waals surface area contributed by atoms with E-state index >= 15 is 0 Å². The molecule has 0 aliphatic heterocycles. The van der Waals surface area contributed by atoms with E-state index in [4.69, 9.17) is 14.6 Å². The second-order valence-corrected chi connectivity index (χ2v) is 5.39. The molecule has 132 valence electrons. The van der Waals surface area contributed by atoms with Crippen LogP contribution >= 0.6 is 0 Å². The lowest BCUT2D eigenvalue weighted by atomic mass is 10.1.